The summed E-state index contributed by atoms with van der Waals surface area (Å²) in [5.74, 6) is 2.97. The first-order valence-electron chi connectivity index (χ1n) is 6.81. The molecule has 0 nitrogen and oxygen atoms in total. The van der Waals surface area contributed by atoms with Gasteiger partial charge in [0.05, 0.1) is 0 Å². The number of aryl methyl sites for hydroxylation is 3. The first-order chi connectivity index (χ1) is 8.09. The van der Waals surface area contributed by atoms with Crippen molar-refractivity contribution in [3.8, 4) is 0 Å². The summed E-state index contributed by atoms with van der Waals surface area (Å²) in [6, 6.07) is 4.66. The van der Waals surface area contributed by atoms with E-state index in [1.54, 1.807) is 5.56 Å². The van der Waals surface area contributed by atoms with Crippen molar-refractivity contribution in [2.75, 3.05) is 0 Å². The molecule has 1 heteroatoms. The second kappa shape index (κ2) is 4.12. The van der Waals surface area contributed by atoms with E-state index in [1.165, 1.54) is 36.0 Å². The van der Waals surface area contributed by atoms with Crippen LogP contribution in [0.25, 0.3) is 0 Å². The van der Waals surface area contributed by atoms with Crippen LogP contribution >= 0.6 is 15.9 Å². The van der Waals surface area contributed by atoms with E-state index in [2.05, 4.69) is 48.8 Å². The molecular weight excluding hydrogens is 272 g/mol. The van der Waals surface area contributed by atoms with E-state index < -0.39 is 0 Å². The monoisotopic (exact) mass is 292 g/mol. The van der Waals surface area contributed by atoms with Gasteiger partial charge in [-0.1, -0.05) is 40.0 Å². The number of rotatable bonds is 2. The zero-order valence-corrected chi connectivity index (χ0v) is 12.5. The molecule has 1 aromatic carbocycles. The molecule has 0 saturated heterocycles. The predicted octanol–water partition coefficient (Wildman–Crippen LogP) is 5.09. The normalized spacial score (nSPS) is 32.4. The number of halogens is 1. The Morgan fingerprint density at radius 2 is 1.59 bits per heavy atom. The van der Waals surface area contributed by atoms with Crippen LogP contribution in [0.5, 0.6) is 0 Å². The zero-order valence-electron chi connectivity index (χ0n) is 11.0. The highest BCUT2D eigenvalue weighted by molar-refractivity contribution is 9.09. The fraction of sp³-hybridized carbons (Fsp3) is 0.625. The van der Waals surface area contributed by atoms with Gasteiger partial charge in [-0.05, 0) is 68.1 Å². The van der Waals surface area contributed by atoms with Gasteiger partial charge in [0, 0.05) is 4.83 Å². The quantitative estimate of drug-likeness (QED) is 0.666. The molecule has 2 aliphatic rings. The predicted molar refractivity (Wildman–Crippen MR) is 76.6 cm³/mol. The van der Waals surface area contributed by atoms with Gasteiger partial charge in [0.15, 0.2) is 0 Å². The smallest absolute Gasteiger partial charge is 0.0434 e. The lowest BCUT2D eigenvalue weighted by atomic mass is 9.93. The molecule has 2 saturated carbocycles. The molecule has 3 rings (SSSR count). The van der Waals surface area contributed by atoms with Gasteiger partial charge in [0.2, 0.25) is 0 Å². The maximum absolute atomic E-state index is 3.99. The number of hydrogen-bond acceptors (Lipinski definition) is 0. The number of alkyl halides is 1. The van der Waals surface area contributed by atoms with Crippen molar-refractivity contribution in [3.05, 3.63) is 34.4 Å². The SMILES string of the molecule is Cc1cc(C)c(C(Br)C2C3CCCC32)c(C)c1. The molecule has 0 heterocycles. The lowest BCUT2D eigenvalue weighted by molar-refractivity contribution is 0.581. The summed E-state index contributed by atoms with van der Waals surface area (Å²) >= 11 is 3.99. The van der Waals surface area contributed by atoms with Crippen molar-refractivity contribution >= 4 is 15.9 Å². The fourth-order valence-electron chi connectivity index (χ4n) is 4.13. The van der Waals surface area contributed by atoms with E-state index in [4.69, 9.17) is 0 Å². The summed E-state index contributed by atoms with van der Waals surface area (Å²) in [7, 11) is 0. The van der Waals surface area contributed by atoms with Gasteiger partial charge in [0.1, 0.15) is 0 Å². The first kappa shape index (κ1) is 11.8. The third-order valence-electron chi connectivity index (χ3n) is 4.82. The maximum Gasteiger partial charge on any atom is 0.0434 e. The van der Waals surface area contributed by atoms with Crippen LogP contribution in [-0.2, 0) is 0 Å². The summed E-state index contributed by atoms with van der Waals surface area (Å²) in [6.07, 6.45) is 4.42. The topological polar surface area (TPSA) is 0 Å². The van der Waals surface area contributed by atoms with Crippen LogP contribution in [0.1, 0.15) is 46.3 Å². The molecule has 0 radical (unpaired) electrons. The number of hydrogen-bond donors (Lipinski definition) is 0. The van der Waals surface area contributed by atoms with Gasteiger partial charge >= 0.3 is 0 Å². The van der Waals surface area contributed by atoms with Gasteiger partial charge in [-0.25, -0.2) is 0 Å². The molecule has 2 aliphatic carbocycles. The summed E-state index contributed by atoms with van der Waals surface area (Å²) < 4.78 is 0. The molecule has 3 atom stereocenters. The lowest BCUT2D eigenvalue weighted by Crippen LogP contribution is -2.03. The average molecular weight is 293 g/mol. The van der Waals surface area contributed by atoms with Gasteiger partial charge in [-0.3, -0.25) is 0 Å². The molecule has 17 heavy (non-hydrogen) atoms. The van der Waals surface area contributed by atoms with Crippen molar-refractivity contribution in [3.63, 3.8) is 0 Å². The second-order valence-electron chi connectivity index (χ2n) is 6.05. The van der Waals surface area contributed by atoms with Crippen LogP contribution in [-0.4, -0.2) is 0 Å². The molecule has 0 aromatic heterocycles. The van der Waals surface area contributed by atoms with Crippen LogP contribution in [0.2, 0.25) is 0 Å². The Morgan fingerprint density at radius 1 is 1.06 bits per heavy atom. The van der Waals surface area contributed by atoms with Crippen molar-refractivity contribution in [2.45, 2.75) is 44.9 Å². The number of fused-ring (bicyclic) bond motifs is 1. The number of benzene rings is 1. The minimum absolute atomic E-state index is 0.596. The van der Waals surface area contributed by atoms with Crippen LogP contribution in [0, 0.1) is 38.5 Å². The molecule has 0 amide bonds. The summed E-state index contributed by atoms with van der Waals surface area (Å²) in [5.41, 5.74) is 5.89. The van der Waals surface area contributed by atoms with Crippen molar-refractivity contribution < 1.29 is 0 Å². The van der Waals surface area contributed by atoms with E-state index in [-0.39, 0.29) is 0 Å². The molecule has 3 unspecified atom stereocenters. The highest BCUT2D eigenvalue weighted by Gasteiger charge is 2.55. The highest BCUT2D eigenvalue weighted by Crippen LogP contribution is 2.64. The van der Waals surface area contributed by atoms with Crippen LogP contribution < -0.4 is 0 Å². The summed E-state index contributed by atoms with van der Waals surface area (Å²) in [6.45, 7) is 6.72. The molecule has 0 N–H and O–H groups in total. The molecule has 1 aromatic rings. The van der Waals surface area contributed by atoms with Gasteiger partial charge in [-0.15, -0.1) is 0 Å². The van der Waals surface area contributed by atoms with Gasteiger partial charge in [0.25, 0.3) is 0 Å². The first-order valence-corrected chi connectivity index (χ1v) is 7.73. The lowest BCUT2D eigenvalue weighted by Gasteiger charge is -2.18. The fourth-order valence-corrected chi connectivity index (χ4v) is 5.64. The Balaban J connectivity index is 1.89. The Hall–Kier alpha value is -0.300. The summed E-state index contributed by atoms with van der Waals surface area (Å²) in [4.78, 5) is 0.596. The Bertz CT molecular complexity index is 416. The Labute approximate surface area is 113 Å². The Morgan fingerprint density at radius 3 is 2.12 bits per heavy atom. The molecular formula is C16H21Br. The third-order valence-corrected chi connectivity index (χ3v) is 5.89. The minimum Gasteiger partial charge on any atom is -0.0835 e. The van der Waals surface area contributed by atoms with E-state index >= 15 is 0 Å². The highest BCUT2D eigenvalue weighted by atomic mass is 79.9. The van der Waals surface area contributed by atoms with Crippen LogP contribution in [0.4, 0.5) is 0 Å². The molecule has 0 bridgehead atoms. The minimum atomic E-state index is 0.596. The van der Waals surface area contributed by atoms with Crippen LogP contribution in [0.3, 0.4) is 0 Å². The second-order valence-corrected chi connectivity index (χ2v) is 7.04. The van der Waals surface area contributed by atoms with Crippen molar-refractivity contribution in [1.29, 1.82) is 0 Å². The Kier molecular flexibility index (Phi) is 2.85. The molecule has 0 spiro atoms. The third kappa shape index (κ3) is 1.87. The van der Waals surface area contributed by atoms with E-state index in [9.17, 15) is 0 Å². The largest absolute Gasteiger partial charge is 0.0835 e. The van der Waals surface area contributed by atoms with E-state index in [1.807, 2.05) is 0 Å². The van der Waals surface area contributed by atoms with E-state index in [0.717, 1.165) is 17.8 Å². The van der Waals surface area contributed by atoms with Crippen molar-refractivity contribution in [2.24, 2.45) is 17.8 Å². The van der Waals surface area contributed by atoms with Crippen LogP contribution in [0.15, 0.2) is 12.1 Å². The standard InChI is InChI=1S/C16H21Br/c1-9-7-10(2)14(11(3)8-9)16(17)15-12-5-4-6-13(12)15/h7-8,12-13,15-16H,4-6H2,1-3H3. The van der Waals surface area contributed by atoms with Gasteiger partial charge in [-0.2, -0.15) is 0 Å². The average Bonchev–Trinajstić information content (AvgIpc) is 2.71. The molecule has 2 fully saturated rings. The van der Waals surface area contributed by atoms with Crippen molar-refractivity contribution in [1.82, 2.24) is 0 Å². The zero-order chi connectivity index (χ0) is 12.2. The molecule has 92 valence electrons. The van der Waals surface area contributed by atoms with E-state index in [0.29, 0.717) is 4.83 Å². The maximum atomic E-state index is 3.99. The summed E-state index contributed by atoms with van der Waals surface area (Å²) in [5, 5.41) is 0. The molecule has 0 aliphatic heterocycles. The van der Waals surface area contributed by atoms with Gasteiger partial charge < -0.3 is 0 Å².